The van der Waals surface area contributed by atoms with Crippen LogP contribution in [-0.2, 0) is 9.59 Å². The molecule has 0 bridgehead atoms. The summed E-state index contributed by atoms with van der Waals surface area (Å²) in [6.07, 6.45) is 2.11. The monoisotopic (exact) mass is 364 g/mol. The third-order valence-electron chi connectivity index (χ3n) is 7.16. The summed E-state index contributed by atoms with van der Waals surface area (Å²) >= 11 is 0. The maximum Gasteiger partial charge on any atom is 0.303 e. The van der Waals surface area contributed by atoms with Gasteiger partial charge < -0.3 is 10.2 Å². The average Bonchev–Trinajstić information content (AvgIpc) is 2.51. The highest BCUT2D eigenvalue weighted by molar-refractivity contribution is 5.90. The molecule has 0 spiro atoms. The van der Waals surface area contributed by atoms with Crippen LogP contribution in [0.2, 0.25) is 0 Å². The number of hydrogen-bond donors (Lipinski definition) is 2. The third-order valence-corrected chi connectivity index (χ3v) is 7.16. The molecule has 2 aliphatic rings. The van der Waals surface area contributed by atoms with Crippen LogP contribution in [-0.4, -0.2) is 33.6 Å². The highest BCUT2D eigenvalue weighted by Gasteiger charge is 2.51. The van der Waals surface area contributed by atoms with Crippen molar-refractivity contribution in [1.29, 1.82) is 0 Å². The smallest absolute Gasteiger partial charge is 0.303 e. The Balaban J connectivity index is 2.00. The van der Waals surface area contributed by atoms with Gasteiger partial charge in [0.05, 0.1) is 0 Å². The Morgan fingerprint density at radius 3 is 1.35 bits per heavy atom. The standard InChI is InChI=1S/C20H32N2O4/c1-11(15-7-13(9-17(23)24)19(15,3)4)21-22-12(2)16-8-14(10-18(25)26)20(16,5)6/h13-16H,7-10H2,1-6H3,(H,23,24)(H,25,26). The van der Waals surface area contributed by atoms with Gasteiger partial charge in [-0.25, -0.2) is 0 Å². The van der Waals surface area contributed by atoms with Crippen molar-refractivity contribution in [2.45, 2.75) is 67.2 Å². The highest BCUT2D eigenvalue weighted by Crippen LogP contribution is 2.54. The molecule has 146 valence electrons. The first-order valence-electron chi connectivity index (χ1n) is 9.39. The van der Waals surface area contributed by atoms with Gasteiger partial charge in [0.15, 0.2) is 0 Å². The third kappa shape index (κ3) is 3.84. The molecular formula is C20H32N2O4. The molecular weight excluding hydrogens is 332 g/mol. The normalized spacial score (nSPS) is 33.2. The van der Waals surface area contributed by atoms with Crippen LogP contribution in [0.15, 0.2) is 10.2 Å². The first-order chi connectivity index (χ1) is 11.9. The predicted molar refractivity (Wildman–Crippen MR) is 101 cm³/mol. The lowest BCUT2D eigenvalue weighted by Gasteiger charge is -2.52. The molecule has 4 unspecified atom stereocenters. The second kappa shape index (κ2) is 7.12. The summed E-state index contributed by atoms with van der Waals surface area (Å²) in [5.74, 6) is -0.596. The number of carboxylic acids is 2. The SMILES string of the molecule is CC(=NN=C(C)C1CC(CC(=O)O)C1(C)C)C1CC(CC(=O)O)C1(C)C. The summed E-state index contributed by atoms with van der Waals surface area (Å²) < 4.78 is 0. The lowest BCUT2D eigenvalue weighted by atomic mass is 9.52. The lowest BCUT2D eigenvalue weighted by Crippen LogP contribution is -2.49. The van der Waals surface area contributed by atoms with E-state index in [4.69, 9.17) is 10.2 Å². The van der Waals surface area contributed by atoms with Gasteiger partial charge in [-0.2, -0.15) is 10.2 Å². The maximum atomic E-state index is 11.0. The van der Waals surface area contributed by atoms with Crippen LogP contribution in [0.3, 0.4) is 0 Å². The molecule has 0 aromatic carbocycles. The first kappa shape index (κ1) is 20.6. The molecule has 0 radical (unpaired) electrons. The minimum absolute atomic E-state index is 0.0717. The molecule has 2 fully saturated rings. The second-order valence-corrected chi connectivity index (χ2v) is 9.29. The number of carboxylic acid groups (broad SMARTS) is 2. The Bertz CT molecular complexity index is 592. The Morgan fingerprint density at radius 1 is 0.808 bits per heavy atom. The van der Waals surface area contributed by atoms with E-state index < -0.39 is 11.9 Å². The van der Waals surface area contributed by atoms with E-state index in [-0.39, 0.29) is 47.3 Å². The molecule has 6 heteroatoms. The second-order valence-electron chi connectivity index (χ2n) is 9.29. The molecule has 26 heavy (non-hydrogen) atoms. The van der Waals surface area contributed by atoms with Gasteiger partial charge in [-0.1, -0.05) is 27.7 Å². The molecule has 6 nitrogen and oxygen atoms in total. The van der Waals surface area contributed by atoms with E-state index in [1.54, 1.807) is 0 Å². The van der Waals surface area contributed by atoms with Crippen molar-refractivity contribution in [3.8, 4) is 0 Å². The molecule has 2 rings (SSSR count). The van der Waals surface area contributed by atoms with Crippen LogP contribution in [0.5, 0.6) is 0 Å². The molecule has 0 aromatic heterocycles. The predicted octanol–water partition coefficient (Wildman–Crippen LogP) is 4.10. The van der Waals surface area contributed by atoms with Gasteiger partial charge in [0.1, 0.15) is 0 Å². The fraction of sp³-hybridized carbons (Fsp3) is 0.800. The van der Waals surface area contributed by atoms with E-state index in [1.807, 2.05) is 13.8 Å². The van der Waals surface area contributed by atoms with E-state index in [2.05, 4.69) is 37.9 Å². The van der Waals surface area contributed by atoms with Crippen molar-refractivity contribution in [1.82, 2.24) is 0 Å². The molecule has 0 heterocycles. The Hall–Kier alpha value is -1.72. The minimum atomic E-state index is -0.742. The van der Waals surface area contributed by atoms with Crippen LogP contribution in [0, 0.1) is 34.5 Å². The van der Waals surface area contributed by atoms with Crippen molar-refractivity contribution >= 4 is 23.4 Å². The molecule has 0 saturated heterocycles. The zero-order valence-electron chi connectivity index (χ0n) is 16.7. The summed E-state index contributed by atoms with van der Waals surface area (Å²) in [6, 6.07) is 0. The largest absolute Gasteiger partial charge is 0.481 e. The number of nitrogens with zero attached hydrogens (tertiary/aromatic N) is 2. The molecule has 2 N–H and O–H groups in total. The van der Waals surface area contributed by atoms with Crippen molar-refractivity contribution < 1.29 is 19.8 Å². The molecule has 2 aliphatic carbocycles. The van der Waals surface area contributed by atoms with Gasteiger partial charge in [-0.15, -0.1) is 0 Å². The van der Waals surface area contributed by atoms with Gasteiger partial charge in [-0.3, -0.25) is 9.59 Å². The highest BCUT2D eigenvalue weighted by atomic mass is 16.4. The quantitative estimate of drug-likeness (QED) is 0.525. The van der Waals surface area contributed by atoms with Crippen LogP contribution in [0.25, 0.3) is 0 Å². The zero-order valence-corrected chi connectivity index (χ0v) is 16.7. The topological polar surface area (TPSA) is 99.3 Å². The van der Waals surface area contributed by atoms with Crippen LogP contribution in [0.4, 0.5) is 0 Å². The van der Waals surface area contributed by atoms with Gasteiger partial charge in [0, 0.05) is 36.1 Å². The molecule has 0 aromatic rings. The summed E-state index contributed by atoms with van der Waals surface area (Å²) in [7, 11) is 0. The lowest BCUT2D eigenvalue weighted by molar-refractivity contribution is -0.142. The number of carbonyl (C=O) groups is 2. The van der Waals surface area contributed by atoms with Crippen LogP contribution in [0.1, 0.15) is 67.2 Å². The zero-order chi connectivity index (χ0) is 19.9. The summed E-state index contributed by atoms with van der Waals surface area (Å²) in [5.41, 5.74) is 1.76. The molecule has 0 amide bonds. The molecule has 4 atom stereocenters. The Kier molecular flexibility index (Phi) is 5.64. The van der Waals surface area contributed by atoms with Gasteiger partial charge in [-0.05, 0) is 49.4 Å². The molecule has 2 saturated carbocycles. The van der Waals surface area contributed by atoms with Crippen molar-refractivity contribution in [3.63, 3.8) is 0 Å². The van der Waals surface area contributed by atoms with Gasteiger partial charge >= 0.3 is 11.9 Å². The average molecular weight is 364 g/mol. The summed E-state index contributed by atoms with van der Waals surface area (Å²) in [4.78, 5) is 21.9. The first-order valence-corrected chi connectivity index (χ1v) is 9.39. The van der Waals surface area contributed by atoms with Gasteiger partial charge in [0.2, 0.25) is 0 Å². The fourth-order valence-electron chi connectivity index (χ4n) is 4.86. The van der Waals surface area contributed by atoms with E-state index in [9.17, 15) is 9.59 Å². The Morgan fingerprint density at radius 2 is 1.12 bits per heavy atom. The van der Waals surface area contributed by atoms with E-state index in [1.165, 1.54) is 0 Å². The summed E-state index contributed by atoms with van der Waals surface area (Å²) in [5, 5.41) is 26.9. The molecule has 0 aliphatic heterocycles. The summed E-state index contributed by atoms with van der Waals surface area (Å²) in [6.45, 7) is 12.4. The number of hydrogen-bond acceptors (Lipinski definition) is 4. The number of rotatable bonds is 7. The Labute approximate surface area is 155 Å². The van der Waals surface area contributed by atoms with E-state index in [0.717, 1.165) is 24.3 Å². The van der Waals surface area contributed by atoms with Crippen molar-refractivity contribution in [3.05, 3.63) is 0 Å². The van der Waals surface area contributed by atoms with E-state index in [0.29, 0.717) is 0 Å². The minimum Gasteiger partial charge on any atom is -0.481 e. The van der Waals surface area contributed by atoms with Gasteiger partial charge in [0.25, 0.3) is 0 Å². The fourth-order valence-corrected chi connectivity index (χ4v) is 4.86. The van der Waals surface area contributed by atoms with E-state index >= 15 is 0 Å². The van der Waals surface area contributed by atoms with Crippen LogP contribution < -0.4 is 0 Å². The van der Waals surface area contributed by atoms with Crippen LogP contribution >= 0.6 is 0 Å². The van der Waals surface area contributed by atoms with Crippen molar-refractivity contribution in [2.24, 2.45) is 44.7 Å². The van der Waals surface area contributed by atoms with Crippen molar-refractivity contribution in [2.75, 3.05) is 0 Å². The number of aliphatic carboxylic acids is 2. The maximum absolute atomic E-state index is 11.0.